The van der Waals surface area contributed by atoms with Crippen molar-refractivity contribution in [3.05, 3.63) is 58.1 Å². The van der Waals surface area contributed by atoms with Crippen LogP contribution in [0.4, 0.5) is 5.69 Å². The Morgan fingerprint density at radius 1 is 1.17 bits per heavy atom. The fourth-order valence-corrected chi connectivity index (χ4v) is 2.74. The molecule has 0 saturated carbocycles. The molecule has 0 bridgehead atoms. The van der Waals surface area contributed by atoms with Crippen LogP contribution in [-0.2, 0) is 4.74 Å². The van der Waals surface area contributed by atoms with E-state index in [0.29, 0.717) is 27.4 Å². The van der Waals surface area contributed by atoms with Gasteiger partial charge in [0.2, 0.25) is 0 Å². The molecule has 120 valence electrons. The van der Waals surface area contributed by atoms with E-state index in [4.69, 9.17) is 16.3 Å². The largest absolute Gasteiger partial charge is 0.465 e. The molecule has 2 aromatic rings. The van der Waals surface area contributed by atoms with Crippen LogP contribution in [-0.4, -0.2) is 25.2 Å². The molecule has 4 nitrogen and oxygen atoms in total. The maximum Gasteiger partial charge on any atom is 0.338 e. The third-order valence-corrected chi connectivity index (χ3v) is 4.46. The topological polar surface area (TPSA) is 55.4 Å². The summed E-state index contributed by atoms with van der Waals surface area (Å²) in [6, 6.07) is 10.4. The van der Waals surface area contributed by atoms with Crippen LogP contribution < -0.4 is 5.32 Å². The first-order chi connectivity index (χ1) is 11.0. The minimum absolute atomic E-state index is 0.323. The maximum absolute atomic E-state index is 12.5. The molecule has 0 atom stereocenters. The summed E-state index contributed by atoms with van der Waals surface area (Å²) in [6.07, 6.45) is 1.93. The lowest BCUT2D eigenvalue weighted by atomic mass is 10.1. The number of carbonyl (C=O) groups excluding carboxylic acids is 2. The number of halogens is 1. The number of thioether (sulfide) groups is 1. The monoisotopic (exact) mass is 349 g/mol. The summed E-state index contributed by atoms with van der Waals surface area (Å²) >= 11 is 7.64. The van der Waals surface area contributed by atoms with Crippen LogP contribution in [0, 0.1) is 6.92 Å². The lowest BCUT2D eigenvalue weighted by Gasteiger charge is -2.12. The number of ether oxygens (including phenoxy) is 1. The summed E-state index contributed by atoms with van der Waals surface area (Å²) in [5.41, 5.74) is 1.99. The number of hydrogen-bond acceptors (Lipinski definition) is 4. The average Bonchev–Trinajstić information content (AvgIpc) is 2.56. The molecule has 0 spiro atoms. The molecule has 0 heterocycles. The maximum atomic E-state index is 12.5. The lowest BCUT2D eigenvalue weighted by Crippen LogP contribution is -2.15. The van der Waals surface area contributed by atoms with Crippen molar-refractivity contribution in [2.75, 3.05) is 18.7 Å². The molecule has 0 aliphatic heterocycles. The SMILES string of the molecule is COC(=O)c1cccc(NC(=O)c2cc(SC)ccc2Cl)c1C. The second-order valence-electron chi connectivity index (χ2n) is 4.77. The highest BCUT2D eigenvalue weighted by atomic mass is 35.5. The molecule has 0 radical (unpaired) electrons. The predicted molar refractivity (Wildman–Crippen MR) is 93.7 cm³/mol. The molecule has 0 saturated heterocycles. The second kappa shape index (κ2) is 7.53. The van der Waals surface area contributed by atoms with Crippen molar-refractivity contribution < 1.29 is 14.3 Å². The fraction of sp³-hybridized carbons (Fsp3) is 0.176. The van der Waals surface area contributed by atoms with E-state index in [1.54, 1.807) is 37.3 Å². The van der Waals surface area contributed by atoms with Crippen molar-refractivity contribution in [1.29, 1.82) is 0 Å². The normalized spacial score (nSPS) is 10.3. The van der Waals surface area contributed by atoms with Gasteiger partial charge in [0.15, 0.2) is 0 Å². The van der Waals surface area contributed by atoms with Crippen LogP contribution >= 0.6 is 23.4 Å². The number of methoxy groups -OCH3 is 1. The standard InChI is InChI=1S/C17H16ClNO3S/c1-10-12(17(21)22-2)5-4-6-15(10)19-16(20)13-9-11(23-3)7-8-14(13)18/h4-9H,1-3H3,(H,19,20). The van der Waals surface area contributed by atoms with E-state index < -0.39 is 5.97 Å². The van der Waals surface area contributed by atoms with Gasteiger partial charge in [-0.05, 0) is 49.1 Å². The van der Waals surface area contributed by atoms with Gasteiger partial charge in [0.1, 0.15) is 0 Å². The van der Waals surface area contributed by atoms with Gasteiger partial charge in [-0.15, -0.1) is 11.8 Å². The van der Waals surface area contributed by atoms with Gasteiger partial charge in [0.25, 0.3) is 5.91 Å². The quantitative estimate of drug-likeness (QED) is 0.656. The molecule has 0 unspecified atom stereocenters. The number of amides is 1. The van der Waals surface area contributed by atoms with Crippen LogP contribution in [0.3, 0.4) is 0 Å². The van der Waals surface area contributed by atoms with Gasteiger partial charge >= 0.3 is 5.97 Å². The van der Waals surface area contributed by atoms with Crippen molar-refractivity contribution in [3.63, 3.8) is 0 Å². The highest BCUT2D eigenvalue weighted by Gasteiger charge is 2.16. The molecule has 0 aliphatic carbocycles. The molecule has 0 fully saturated rings. The zero-order chi connectivity index (χ0) is 17.0. The summed E-state index contributed by atoms with van der Waals surface area (Å²) in [7, 11) is 1.32. The Morgan fingerprint density at radius 2 is 1.91 bits per heavy atom. The van der Waals surface area contributed by atoms with E-state index in [2.05, 4.69) is 5.32 Å². The zero-order valence-electron chi connectivity index (χ0n) is 13.0. The van der Waals surface area contributed by atoms with E-state index in [-0.39, 0.29) is 5.91 Å². The Balaban J connectivity index is 2.33. The Hall–Kier alpha value is -1.98. The number of carbonyl (C=O) groups is 2. The smallest absolute Gasteiger partial charge is 0.338 e. The fourth-order valence-electron chi connectivity index (χ4n) is 2.10. The van der Waals surface area contributed by atoms with E-state index >= 15 is 0 Å². The van der Waals surface area contributed by atoms with Gasteiger partial charge in [-0.25, -0.2) is 4.79 Å². The first-order valence-electron chi connectivity index (χ1n) is 6.80. The van der Waals surface area contributed by atoms with E-state index in [1.807, 2.05) is 12.3 Å². The molecular weight excluding hydrogens is 334 g/mol. The highest BCUT2D eigenvalue weighted by Crippen LogP contribution is 2.25. The number of hydrogen-bond donors (Lipinski definition) is 1. The van der Waals surface area contributed by atoms with Crippen molar-refractivity contribution in [2.24, 2.45) is 0 Å². The minimum Gasteiger partial charge on any atom is -0.465 e. The number of rotatable bonds is 4. The molecule has 2 rings (SSSR count). The van der Waals surface area contributed by atoms with Gasteiger partial charge < -0.3 is 10.1 Å². The Bertz CT molecular complexity index is 761. The van der Waals surface area contributed by atoms with E-state index in [1.165, 1.54) is 18.9 Å². The van der Waals surface area contributed by atoms with Crippen LogP contribution in [0.5, 0.6) is 0 Å². The summed E-state index contributed by atoms with van der Waals surface area (Å²) in [5, 5.41) is 3.17. The minimum atomic E-state index is -0.444. The first kappa shape index (κ1) is 17.4. The average molecular weight is 350 g/mol. The van der Waals surface area contributed by atoms with Crippen LogP contribution in [0.25, 0.3) is 0 Å². The van der Waals surface area contributed by atoms with Crippen LogP contribution in [0.2, 0.25) is 5.02 Å². The van der Waals surface area contributed by atoms with Crippen LogP contribution in [0.1, 0.15) is 26.3 Å². The second-order valence-corrected chi connectivity index (χ2v) is 6.06. The summed E-state index contributed by atoms with van der Waals surface area (Å²) < 4.78 is 4.74. The first-order valence-corrected chi connectivity index (χ1v) is 8.41. The summed E-state index contributed by atoms with van der Waals surface area (Å²) in [6.45, 7) is 1.75. The van der Waals surface area contributed by atoms with Gasteiger partial charge in [-0.1, -0.05) is 17.7 Å². The number of anilines is 1. The molecule has 2 aromatic carbocycles. The highest BCUT2D eigenvalue weighted by molar-refractivity contribution is 7.98. The van der Waals surface area contributed by atoms with Gasteiger partial charge in [-0.2, -0.15) is 0 Å². The van der Waals surface area contributed by atoms with Crippen molar-refractivity contribution >= 4 is 40.9 Å². The number of esters is 1. The Kier molecular flexibility index (Phi) is 5.69. The predicted octanol–water partition coefficient (Wildman–Crippen LogP) is 4.41. The third-order valence-electron chi connectivity index (χ3n) is 3.41. The zero-order valence-corrected chi connectivity index (χ0v) is 14.5. The third kappa shape index (κ3) is 3.86. The van der Waals surface area contributed by atoms with Crippen molar-refractivity contribution in [2.45, 2.75) is 11.8 Å². The molecule has 0 aromatic heterocycles. The van der Waals surface area contributed by atoms with E-state index in [0.717, 1.165) is 4.90 Å². The van der Waals surface area contributed by atoms with Crippen molar-refractivity contribution in [3.8, 4) is 0 Å². The molecule has 1 N–H and O–H groups in total. The van der Waals surface area contributed by atoms with Crippen molar-refractivity contribution in [1.82, 2.24) is 0 Å². The molecule has 23 heavy (non-hydrogen) atoms. The molecule has 6 heteroatoms. The van der Waals surface area contributed by atoms with Gasteiger partial charge in [0.05, 0.1) is 23.3 Å². The molecule has 0 aliphatic rings. The van der Waals surface area contributed by atoms with Crippen LogP contribution in [0.15, 0.2) is 41.3 Å². The summed E-state index contributed by atoms with van der Waals surface area (Å²) in [5.74, 6) is -0.767. The van der Waals surface area contributed by atoms with Gasteiger partial charge in [0, 0.05) is 10.6 Å². The van der Waals surface area contributed by atoms with E-state index in [9.17, 15) is 9.59 Å². The molecule has 1 amide bonds. The molecular formula is C17H16ClNO3S. The summed E-state index contributed by atoms with van der Waals surface area (Å²) in [4.78, 5) is 25.2. The Morgan fingerprint density at radius 3 is 2.57 bits per heavy atom. The number of nitrogens with one attached hydrogen (secondary N) is 1. The Labute approximate surface area is 144 Å². The lowest BCUT2D eigenvalue weighted by molar-refractivity contribution is 0.0599. The van der Waals surface area contributed by atoms with Gasteiger partial charge in [-0.3, -0.25) is 4.79 Å². The number of benzene rings is 2.